The number of nitrogens with zero attached hydrogens (tertiary/aromatic N) is 1. The predicted molar refractivity (Wildman–Crippen MR) is 26.6 cm³/mol. The summed E-state index contributed by atoms with van der Waals surface area (Å²) in [5, 5.41) is 9.89. The molecule has 0 heterocycles. The molecule has 1 N–H and O–H groups in total. The average Bonchev–Trinajstić information content (AvgIpc) is 1.23. The van der Waals surface area contributed by atoms with E-state index in [-0.39, 0.29) is 0 Å². The molecule has 0 unspecified atom stereocenters. The van der Waals surface area contributed by atoms with Gasteiger partial charge in [-0.25, -0.2) is 0 Å². The molecule has 0 aliphatic heterocycles. The van der Waals surface area contributed by atoms with Crippen LogP contribution in [0.1, 0.15) is 19.3 Å². The van der Waals surface area contributed by atoms with E-state index in [1.807, 2.05) is 0 Å². The smallest absolute Gasteiger partial charge is 0.0663 e. The Morgan fingerprint density at radius 3 is 2.14 bits per heavy atom. The van der Waals surface area contributed by atoms with E-state index < -0.39 is 0 Å². The second-order valence-electron chi connectivity index (χ2n) is 1.94. The molecule has 0 aromatic carbocycles. The SMILES string of the molecule is CN(O)[C]1CCC1. The largest absolute Gasteiger partial charge is 0.314 e. The molecule has 0 aromatic rings. The number of rotatable bonds is 1. The molecule has 41 valence electrons. The number of hydroxylamine groups is 2. The third-order valence-electron chi connectivity index (χ3n) is 1.39. The predicted octanol–water partition coefficient (Wildman–Crippen LogP) is 1.02. The summed E-state index contributed by atoms with van der Waals surface area (Å²) in [7, 11) is 1.68. The van der Waals surface area contributed by atoms with Crippen molar-refractivity contribution in [3.8, 4) is 0 Å². The third-order valence-corrected chi connectivity index (χ3v) is 1.39. The Morgan fingerprint density at radius 1 is 1.57 bits per heavy atom. The first-order valence-electron chi connectivity index (χ1n) is 2.58. The van der Waals surface area contributed by atoms with Crippen molar-refractivity contribution in [3.63, 3.8) is 0 Å². The van der Waals surface area contributed by atoms with E-state index in [0.29, 0.717) is 0 Å². The zero-order valence-electron chi connectivity index (χ0n) is 4.52. The molecule has 7 heavy (non-hydrogen) atoms. The van der Waals surface area contributed by atoms with Gasteiger partial charge in [0, 0.05) is 7.05 Å². The van der Waals surface area contributed by atoms with Crippen LogP contribution in [0.25, 0.3) is 0 Å². The van der Waals surface area contributed by atoms with Crippen LogP contribution in [-0.4, -0.2) is 17.3 Å². The second-order valence-corrected chi connectivity index (χ2v) is 1.94. The molecular weight excluding hydrogens is 90.1 g/mol. The molecule has 2 nitrogen and oxygen atoms in total. The van der Waals surface area contributed by atoms with E-state index in [9.17, 15) is 0 Å². The first-order valence-corrected chi connectivity index (χ1v) is 2.58. The standard InChI is InChI=1S/C5H10NO/c1-6(7)5-3-2-4-5/h7H,2-4H2,1H3. The zero-order valence-corrected chi connectivity index (χ0v) is 4.52. The van der Waals surface area contributed by atoms with Crippen LogP contribution < -0.4 is 0 Å². The van der Waals surface area contributed by atoms with Gasteiger partial charge in [0.2, 0.25) is 0 Å². The van der Waals surface area contributed by atoms with E-state index in [4.69, 9.17) is 5.21 Å². The first-order chi connectivity index (χ1) is 3.30. The first kappa shape index (κ1) is 5.06. The molecule has 0 bridgehead atoms. The molecule has 0 saturated heterocycles. The lowest BCUT2D eigenvalue weighted by Gasteiger charge is -2.28. The molecule has 1 aliphatic carbocycles. The molecule has 0 amide bonds. The second kappa shape index (κ2) is 1.80. The highest BCUT2D eigenvalue weighted by Crippen LogP contribution is 2.29. The van der Waals surface area contributed by atoms with Crippen LogP contribution in [-0.2, 0) is 0 Å². The Kier molecular flexibility index (Phi) is 1.30. The van der Waals surface area contributed by atoms with E-state index in [1.165, 1.54) is 17.5 Å². The van der Waals surface area contributed by atoms with Gasteiger partial charge in [0.1, 0.15) is 0 Å². The van der Waals surface area contributed by atoms with E-state index in [0.717, 1.165) is 12.8 Å². The molecule has 1 aliphatic rings. The average molecular weight is 100 g/mol. The Morgan fingerprint density at radius 2 is 2.14 bits per heavy atom. The molecule has 2 heteroatoms. The summed E-state index contributed by atoms with van der Waals surface area (Å²) in [6.07, 6.45) is 3.43. The Balaban J connectivity index is 2.14. The molecule has 1 radical (unpaired) electrons. The summed E-state index contributed by atoms with van der Waals surface area (Å²) in [5.41, 5.74) is 0. The lowest BCUT2D eigenvalue weighted by Crippen LogP contribution is -2.26. The van der Waals surface area contributed by atoms with Crippen LogP contribution in [0.2, 0.25) is 0 Å². The lowest BCUT2D eigenvalue weighted by molar-refractivity contribution is -0.0761. The summed E-state index contributed by atoms with van der Waals surface area (Å²) in [5.74, 6) is 0. The van der Waals surface area contributed by atoms with Gasteiger partial charge in [-0.1, -0.05) is 0 Å². The quantitative estimate of drug-likeness (QED) is 0.497. The third kappa shape index (κ3) is 0.924. The van der Waals surface area contributed by atoms with Crippen LogP contribution in [0.5, 0.6) is 0 Å². The van der Waals surface area contributed by atoms with Gasteiger partial charge in [-0.05, 0) is 19.3 Å². The van der Waals surface area contributed by atoms with Gasteiger partial charge in [-0.15, -0.1) is 0 Å². The lowest BCUT2D eigenvalue weighted by atomic mass is 9.93. The maximum atomic E-state index is 8.67. The molecular formula is C5H10NO. The maximum Gasteiger partial charge on any atom is 0.0663 e. The summed E-state index contributed by atoms with van der Waals surface area (Å²) >= 11 is 0. The maximum absolute atomic E-state index is 8.67. The summed E-state index contributed by atoms with van der Waals surface area (Å²) < 4.78 is 0. The molecule has 0 aromatic heterocycles. The van der Waals surface area contributed by atoms with Crippen LogP contribution in [0.3, 0.4) is 0 Å². The summed E-state index contributed by atoms with van der Waals surface area (Å²) in [4.78, 5) is 0. The fourth-order valence-electron chi connectivity index (χ4n) is 0.658. The van der Waals surface area contributed by atoms with Crippen LogP contribution in [0.15, 0.2) is 0 Å². The van der Waals surface area contributed by atoms with Crippen molar-refractivity contribution < 1.29 is 5.21 Å². The molecule has 1 fully saturated rings. The van der Waals surface area contributed by atoms with Crippen LogP contribution in [0.4, 0.5) is 0 Å². The topological polar surface area (TPSA) is 23.5 Å². The molecule has 0 atom stereocenters. The Labute approximate surface area is 43.7 Å². The van der Waals surface area contributed by atoms with Crippen molar-refractivity contribution in [2.75, 3.05) is 7.05 Å². The van der Waals surface area contributed by atoms with Gasteiger partial charge < -0.3 is 5.21 Å². The minimum atomic E-state index is 1.09. The fraction of sp³-hybridized carbons (Fsp3) is 0.800. The highest BCUT2D eigenvalue weighted by atomic mass is 16.5. The highest BCUT2D eigenvalue weighted by Gasteiger charge is 2.21. The van der Waals surface area contributed by atoms with Gasteiger partial charge in [-0.3, -0.25) is 0 Å². The van der Waals surface area contributed by atoms with E-state index >= 15 is 0 Å². The van der Waals surface area contributed by atoms with Crippen LogP contribution >= 0.6 is 0 Å². The van der Waals surface area contributed by atoms with Gasteiger partial charge in [0.25, 0.3) is 0 Å². The fourth-order valence-corrected chi connectivity index (χ4v) is 0.658. The van der Waals surface area contributed by atoms with Crippen molar-refractivity contribution in [1.82, 2.24) is 5.06 Å². The number of hydrogen-bond donors (Lipinski definition) is 1. The zero-order chi connectivity index (χ0) is 5.28. The van der Waals surface area contributed by atoms with Crippen molar-refractivity contribution in [3.05, 3.63) is 6.04 Å². The summed E-state index contributed by atoms with van der Waals surface area (Å²) in [6.45, 7) is 0. The van der Waals surface area contributed by atoms with Crippen LogP contribution in [0, 0.1) is 6.04 Å². The Hall–Kier alpha value is -0.0800. The minimum absolute atomic E-state index is 1.09. The highest BCUT2D eigenvalue weighted by molar-refractivity contribution is 4.92. The van der Waals surface area contributed by atoms with E-state index in [2.05, 4.69) is 0 Å². The monoisotopic (exact) mass is 100 g/mol. The van der Waals surface area contributed by atoms with Crippen molar-refractivity contribution >= 4 is 0 Å². The van der Waals surface area contributed by atoms with Crippen molar-refractivity contribution in [2.24, 2.45) is 0 Å². The van der Waals surface area contributed by atoms with Crippen molar-refractivity contribution in [2.45, 2.75) is 19.3 Å². The summed E-state index contributed by atoms with van der Waals surface area (Å²) in [6, 6.07) is 1.17. The molecule has 1 rings (SSSR count). The molecule has 0 spiro atoms. The van der Waals surface area contributed by atoms with Gasteiger partial charge >= 0.3 is 0 Å². The molecule has 1 saturated carbocycles. The van der Waals surface area contributed by atoms with Crippen molar-refractivity contribution in [1.29, 1.82) is 0 Å². The van der Waals surface area contributed by atoms with E-state index in [1.54, 1.807) is 7.05 Å². The normalized spacial score (nSPS) is 22.7. The van der Waals surface area contributed by atoms with Gasteiger partial charge in [-0.2, -0.15) is 5.06 Å². The Bertz CT molecular complexity index is 59.1. The van der Waals surface area contributed by atoms with Gasteiger partial charge in [0.15, 0.2) is 0 Å². The minimum Gasteiger partial charge on any atom is -0.314 e. The number of hydrogen-bond acceptors (Lipinski definition) is 2. The van der Waals surface area contributed by atoms with Gasteiger partial charge in [0.05, 0.1) is 6.04 Å².